The van der Waals surface area contributed by atoms with Gasteiger partial charge in [0.25, 0.3) is 0 Å². The maximum atomic E-state index is 7.28. The molecule has 0 saturated heterocycles. The van der Waals surface area contributed by atoms with Gasteiger partial charge in [-0.2, -0.15) is 6.07 Å². The predicted octanol–water partition coefficient (Wildman–Crippen LogP) is 18.0. The van der Waals surface area contributed by atoms with Gasteiger partial charge in [-0.3, -0.25) is 0 Å². The molecule has 2 aromatic heterocycles. The molecule has 8 heteroatoms. The molecule has 6 nitrogen and oxygen atoms in total. The number of fused-ring (bicyclic) bond motifs is 7. The first-order valence-corrected chi connectivity index (χ1v) is 31.5. The summed E-state index contributed by atoms with van der Waals surface area (Å²) in [6.45, 7) is 30.0. The molecule has 84 heavy (non-hydrogen) atoms. The molecule has 1 aliphatic carbocycles. The zero-order valence-electron chi connectivity index (χ0n) is 50.2. The smallest absolute Gasteiger partial charge is 0.142 e. The molecule has 0 N–H and O–H groups in total. The summed E-state index contributed by atoms with van der Waals surface area (Å²) in [6, 6.07) is 70.1. The van der Waals surface area contributed by atoms with Crippen molar-refractivity contribution in [2.24, 2.45) is 0 Å². The van der Waals surface area contributed by atoms with Crippen LogP contribution in [0.4, 0.5) is 22.7 Å². The van der Waals surface area contributed by atoms with Gasteiger partial charge in [0.15, 0.2) is 0 Å². The molecule has 14 rings (SSSR count). The molecule has 1 unspecified atom stereocenters. The molecule has 0 radical (unpaired) electrons. The summed E-state index contributed by atoms with van der Waals surface area (Å²) in [5.74, 6) is 3.99. The van der Waals surface area contributed by atoms with Gasteiger partial charge >= 0.3 is 0 Å². The van der Waals surface area contributed by atoms with Crippen molar-refractivity contribution in [2.45, 2.75) is 117 Å². The van der Waals surface area contributed by atoms with Crippen molar-refractivity contribution in [1.29, 1.82) is 0 Å². The minimum absolute atomic E-state index is 0. The van der Waals surface area contributed by atoms with E-state index in [0.29, 0.717) is 11.5 Å². The number of aromatic nitrogens is 2. The van der Waals surface area contributed by atoms with Crippen LogP contribution in [-0.2, 0) is 42.7 Å². The van der Waals surface area contributed by atoms with Crippen LogP contribution in [0.3, 0.4) is 0 Å². The van der Waals surface area contributed by atoms with Crippen molar-refractivity contribution in [1.82, 2.24) is 9.55 Å². The molecule has 0 amide bonds. The van der Waals surface area contributed by atoms with Crippen LogP contribution < -0.4 is 34.8 Å². The number of ether oxygens (including phenoxy) is 2. The Balaban J connectivity index is 0.00000658. The summed E-state index contributed by atoms with van der Waals surface area (Å²) < 4.78 is 16.4. The average molecular weight is 1300 g/mol. The maximum Gasteiger partial charge on any atom is 0.142 e. The van der Waals surface area contributed by atoms with E-state index in [-0.39, 0.29) is 48.3 Å². The zero-order valence-corrected chi connectivity index (χ0v) is 53.5. The van der Waals surface area contributed by atoms with Crippen molar-refractivity contribution in [3.05, 3.63) is 234 Å². The Morgan fingerprint density at radius 2 is 1.13 bits per heavy atom. The van der Waals surface area contributed by atoms with Crippen LogP contribution in [0.5, 0.6) is 23.0 Å². The van der Waals surface area contributed by atoms with E-state index in [1.807, 2.05) is 12.3 Å². The molecule has 5 heterocycles. The van der Waals surface area contributed by atoms with Crippen molar-refractivity contribution < 1.29 is 30.5 Å². The van der Waals surface area contributed by atoms with E-state index in [4.69, 9.17) is 14.5 Å². The summed E-state index contributed by atoms with van der Waals surface area (Å²) >= 11 is 0. The second-order valence-electron chi connectivity index (χ2n) is 27.3. The Bertz CT molecular complexity index is 4220. The second kappa shape index (κ2) is 20.0. The third-order valence-corrected chi connectivity index (χ3v) is 23.1. The van der Waals surface area contributed by atoms with E-state index in [1.165, 1.54) is 71.1 Å². The van der Waals surface area contributed by atoms with Crippen LogP contribution in [0.25, 0.3) is 45.1 Å². The summed E-state index contributed by atoms with van der Waals surface area (Å²) in [4.78, 5) is 9.81. The number of pyridine rings is 1. The van der Waals surface area contributed by atoms with Crippen molar-refractivity contribution >= 4 is 63.4 Å². The molecule has 8 aromatic carbocycles. The quantitative estimate of drug-likeness (QED) is 0.118. The van der Waals surface area contributed by atoms with Crippen molar-refractivity contribution in [3.63, 3.8) is 0 Å². The van der Waals surface area contributed by atoms with Gasteiger partial charge in [-0.1, -0.05) is 197 Å². The molecule has 10 aromatic rings. The minimum atomic E-state index is -2.88. The van der Waals surface area contributed by atoms with Crippen LogP contribution >= 0.6 is 0 Å². The Morgan fingerprint density at radius 3 is 1.77 bits per heavy atom. The van der Waals surface area contributed by atoms with Gasteiger partial charge < -0.3 is 23.8 Å². The van der Waals surface area contributed by atoms with Crippen LogP contribution in [0.2, 0.25) is 0 Å². The Morgan fingerprint density at radius 1 is 0.548 bits per heavy atom. The molecule has 1 spiro atoms. The van der Waals surface area contributed by atoms with E-state index < -0.39 is 8.07 Å². The third kappa shape index (κ3) is 8.94. The van der Waals surface area contributed by atoms with Crippen LogP contribution in [0, 0.1) is 18.8 Å². The summed E-state index contributed by atoms with van der Waals surface area (Å²) in [5, 5.41) is 5.17. The van der Waals surface area contributed by atoms with Gasteiger partial charge in [-0.05, 0) is 132 Å². The average Bonchev–Trinajstić information content (AvgIpc) is 1.49. The normalized spacial score (nSPS) is 15.6. The molecule has 0 fully saturated rings. The summed E-state index contributed by atoms with van der Waals surface area (Å²) in [5.41, 5.74) is 17.4. The van der Waals surface area contributed by atoms with Crippen molar-refractivity contribution in [3.8, 4) is 51.1 Å². The topological polar surface area (TPSA) is 42.8 Å². The predicted molar refractivity (Wildman–Crippen MR) is 346 cm³/mol. The molecular formula is C76H71N4O2PtSi-3. The van der Waals surface area contributed by atoms with E-state index in [0.717, 1.165) is 57.6 Å². The first kappa shape index (κ1) is 55.5. The molecule has 3 aliphatic heterocycles. The second-order valence-corrected chi connectivity index (χ2v) is 31.3. The SMILES string of the molecule is CC(C)(C)c1cc(-c2cc(C(C)(C)C)cc(-c3ccccc3)c2N2[CH-]N(c3[c-]c(Oc4[c-]c5c6c(c4)[Si]4(c7ccccc7Oc7ccccc74)C4CC=Cc(c64)n5-c4cc(C(C)(C)C)ccn4)ccc3)c3ccccc32)cc(C(C)(C)C)c1.[Pt]. The molecule has 1 atom stereocenters. The Kier molecular flexibility index (Phi) is 13.2. The fourth-order valence-corrected chi connectivity index (χ4v) is 19.4. The van der Waals surface area contributed by atoms with E-state index in [1.54, 1.807) is 0 Å². The number of rotatable bonds is 7. The molecule has 0 saturated carbocycles. The van der Waals surface area contributed by atoms with Gasteiger partial charge in [0, 0.05) is 72.6 Å². The van der Waals surface area contributed by atoms with Gasteiger partial charge in [-0.15, -0.1) is 53.3 Å². The van der Waals surface area contributed by atoms with Crippen molar-refractivity contribution in [2.75, 3.05) is 9.80 Å². The zero-order chi connectivity index (χ0) is 57.5. The number of benzene rings is 8. The van der Waals surface area contributed by atoms with Crippen LogP contribution in [0.15, 0.2) is 182 Å². The fourth-order valence-electron chi connectivity index (χ4n) is 13.5. The number of nitrogens with zero attached hydrogens (tertiary/aromatic N) is 4. The Labute approximate surface area is 512 Å². The summed E-state index contributed by atoms with van der Waals surface area (Å²) in [6.07, 6.45) is 7.58. The van der Waals surface area contributed by atoms with E-state index in [9.17, 15) is 0 Å². The summed E-state index contributed by atoms with van der Waals surface area (Å²) in [7, 11) is -2.88. The third-order valence-electron chi connectivity index (χ3n) is 17.8. The molecular weight excluding hydrogens is 1220 g/mol. The van der Waals surface area contributed by atoms with Gasteiger partial charge in [0.1, 0.15) is 25.4 Å². The number of hydrogen-bond donors (Lipinski definition) is 0. The number of allylic oxidation sites excluding steroid dienone is 1. The van der Waals surface area contributed by atoms with Gasteiger partial charge in [0.05, 0.1) is 0 Å². The Hall–Kier alpha value is -7.70. The van der Waals surface area contributed by atoms with Crippen LogP contribution in [0.1, 0.15) is 129 Å². The largest absolute Gasteiger partial charge is 0.509 e. The van der Waals surface area contributed by atoms with Crippen LogP contribution in [-0.4, -0.2) is 17.6 Å². The molecule has 4 aliphatic rings. The standard InChI is InChI=1S/C76H71N4O2Si.Pt/c1-73(2,3)50-36-37-77-69(43-50)80-61-30-23-35-67-70(61)71-62(80)45-56(46-68(71)83(67)65-33-20-18-31-63(65)82-64-32-19-21-34-66(64)83)81-55-27-22-26-54(44-55)78-47-79(60-29-17-16-28-59(60)78)72-57(48-24-14-13-15-25-48)41-53(76(10,11)12)42-58(72)49-38-51(74(4,5)6)40-52(39-49)75(7,8)9;/h13-34,36-43,46-47,67H,35H2,1-12H3;/q-3;. The number of para-hydroxylation sites is 4. The minimum Gasteiger partial charge on any atom is -0.509 e. The van der Waals surface area contributed by atoms with E-state index in [2.05, 4.69) is 292 Å². The first-order chi connectivity index (χ1) is 39.7. The number of hydrogen-bond acceptors (Lipinski definition) is 5. The first-order valence-electron chi connectivity index (χ1n) is 29.4. The fraction of sp³-hybridized carbons (Fsp3) is 0.237. The monoisotopic (exact) mass is 1290 g/mol. The molecule has 424 valence electrons. The number of anilines is 4. The maximum absolute atomic E-state index is 7.28. The molecule has 0 bridgehead atoms. The van der Waals surface area contributed by atoms with E-state index >= 15 is 0 Å². The van der Waals surface area contributed by atoms with Gasteiger partial charge in [0.2, 0.25) is 0 Å². The van der Waals surface area contributed by atoms with Gasteiger partial charge in [-0.25, -0.2) is 4.98 Å².